The fourth-order valence-electron chi connectivity index (χ4n) is 9.14. The van der Waals surface area contributed by atoms with E-state index >= 15 is 0 Å². The summed E-state index contributed by atoms with van der Waals surface area (Å²) < 4.78 is 6.51. The van der Waals surface area contributed by atoms with E-state index in [-0.39, 0.29) is 16.8 Å². The first-order valence-corrected chi connectivity index (χ1v) is 24.8. The summed E-state index contributed by atoms with van der Waals surface area (Å²) in [4.78, 5) is 45.3. The Morgan fingerprint density at radius 2 is 1.09 bits per heavy atom. The molecule has 7 heteroatoms. The van der Waals surface area contributed by atoms with Crippen molar-refractivity contribution >= 4 is 57.0 Å². The molecule has 1 heterocycles. The number of anilines is 2. The predicted octanol–water partition coefficient (Wildman–Crippen LogP) is 13.2. The normalized spacial score (nSPS) is 11.9. The van der Waals surface area contributed by atoms with Crippen molar-refractivity contribution in [1.29, 1.82) is 0 Å². The van der Waals surface area contributed by atoms with Gasteiger partial charge in [-0.15, -0.1) is 0 Å². The second kappa shape index (κ2) is 19.1. The Hall–Kier alpha value is -7.66. The monoisotopic (exact) mass is 895 g/mol. The van der Waals surface area contributed by atoms with Crippen molar-refractivity contribution in [3.05, 3.63) is 244 Å². The Morgan fingerprint density at radius 1 is 0.597 bits per heavy atom. The molecule has 1 aliphatic carbocycles. The summed E-state index contributed by atoms with van der Waals surface area (Å²) in [7, 11) is -1.53. The maximum atomic E-state index is 14.3. The van der Waals surface area contributed by atoms with E-state index < -0.39 is 18.6 Å². The smallest absolute Gasteiger partial charge is 0.260 e. The molecule has 6 nitrogen and oxygen atoms in total. The van der Waals surface area contributed by atoms with Crippen LogP contribution < -0.4 is 31.5 Å². The van der Waals surface area contributed by atoms with Crippen molar-refractivity contribution < 1.29 is 14.3 Å². The average Bonchev–Trinajstić information content (AvgIpc) is 3.38. The lowest BCUT2D eigenvalue weighted by molar-refractivity contribution is 0.102. The fraction of sp³-hybridized carbons (Fsp3) is 0.117. The van der Waals surface area contributed by atoms with Crippen molar-refractivity contribution in [2.45, 2.75) is 39.5 Å². The lowest BCUT2D eigenvalue weighted by Crippen LogP contribution is -2.32. The number of fused-ring (bicyclic) bond motifs is 2. The molecule has 0 aliphatic heterocycles. The van der Waals surface area contributed by atoms with Crippen LogP contribution >= 0.6 is 7.26 Å². The Labute approximate surface area is 392 Å². The zero-order valence-corrected chi connectivity index (χ0v) is 39.0. The number of carbonyl (C=O) groups is 2. The van der Waals surface area contributed by atoms with Gasteiger partial charge in [0.15, 0.2) is 17.3 Å². The highest BCUT2D eigenvalue weighted by Gasteiger charge is 2.43. The van der Waals surface area contributed by atoms with Crippen LogP contribution in [0.3, 0.4) is 0 Å². The van der Waals surface area contributed by atoms with Gasteiger partial charge in [-0.25, -0.2) is 0 Å². The molecule has 0 unspecified atom stereocenters. The van der Waals surface area contributed by atoms with Crippen LogP contribution in [0.2, 0.25) is 0 Å². The van der Waals surface area contributed by atoms with Crippen LogP contribution in [0.4, 0.5) is 11.4 Å². The third-order valence-electron chi connectivity index (χ3n) is 13.1. The minimum atomic E-state index is -1.53. The number of aromatic amines is 1. The van der Waals surface area contributed by atoms with Gasteiger partial charge in [-0.05, 0) is 90.6 Å². The van der Waals surface area contributed by atoms with Crippen LogP contribution in [0.15, 0.2) is 211 Å². The van der Waals surface area contributed by atoms with E-state index in [1.807, 2.05) is 66.7 Å². The lowest BCUT2D eigenvalue weighted by atomic mass is 9.80. The van der Waals surface area contributed by atoms with Crippen LogP contribution in [0.1, 0.15) is 71.5 Å². The number of hydrogen-bond acceptors (Lipinski definition) is 5. The molecule has 0 radical (unpaired) electrons. The second-order valence-electron chi connectivity index (χ2n) is 17.3. The highest BCUT2D eigenvalue weighted by molar-refractivity contribution is 7.95. The van der Waals surface area contributed by atoms with Gasteiger partial charge in [0.2, 0.25) is 0 Å². The molecule has 9 aromatic rings. The number of hydrogen-bond donors (Lipinski definition) is 2. The number of carbonyl (C=O) groups excluding carboxylic acids is 2. The van der Waals surface area contributed by atoms with E-state index in [2.05, 4.69) is 129 Å². The summed E-state index contributed by atoms with van der Waals surface area (Å²) in [6.45, 7) is 8.88. The number of aromatic nitrogens is 1. The Morgan fingerprint density at radius 3 is 1.61 bits per heavy atom. The van der Waals surface area contributed by atoms with Crippen LogP contribution in [0, 0.1) is 0 Å². The van der Waals surface area contributed by atoms with Crippen molar-refractivity contribution in [2.24, 2.45) is 0 Å². The van der Waals surface area contributed by atoms with E-state index in [9.17, 15) is 14.4 Å². The molecule has 0 fully saturated rings. The maximum absolute atomic E-state index is 14.3. The lowest BCUT2D eigenvalue weighted by Gasteiger charge is -2.26. The Kier molecular flexibility index (Phi) is 12.7. The molecule has 0 saturated carbocycles. The van der Waals surface area contributed by atoms with Gasteiger partial charge in [0, 0.05) is 33.8 Å². The molecule has 67 heavy (non-hydrogen) atoms. The summed E-state index contributed by atoms with van der Waals surface area (Å²) in [5.41, 5.74) is 4.34. The number of benzene rings is 8. The quantitative estimate of drug-likeness (QED) is 0.0942. The number of H-pyrrole nitrogens is 1. The number of ketones is 2. The predicted molar refractivity (Wildman–Crippen MR) is 279 cm³/mol. The summed E-state index contributed by atoms with van der Waals surface area (Å²) in [6, 6.07) is 68.0. The summed E-state index contributed by atoms with van der Waals surface area (Å²) in [5.74, 6) is 0.288. The molecule has 0 atom stereocenters. The largest absolute Gasteiger partial charge is 0.455 e. The van der Waals surface area contributed by atoms with E-state index in [0.29, 0.717) is 55.9 Å². The molecule has 1 aliphatic rings. The van der Waals surface area contributed by atoms with Gasteiger partial charge < -0.3 is 15.0 Å². The third kappa shape index (κ3) is 8.53. The molecule has 0 bridgehead atoms. The molecular formula is C60H52N2O4P+. The highest BCUT2D eigenvalue weighted by Crippen LogP contribution is 2.55. The van der Waals surface area contributed by atoms with Crippen molar-refractivity contribution in [3.63, 3.8) is 0 Å². The van der Waals surface area contributed by atoms with Gasteiger partial charge in [-0.1, -0.05) is 160 Å². The van der Waals surface area contributed by atoms with E-state index in [4.69, 9.17) is 4.74 Å². The third-order valence-corrected chi connectivity index (χ3v) is 17.5. The molecule has 0 spiro atoms. The Bertz CT molecular complexity index is 3170. The zero-order valence-electron chi connectivity index (χ0n) is 38.1. The molecule has 1 aromatic heterocycles. The first-order chi connectivity index (χ1) is 32.6. The van der Waals surface area contributed by atoms with Gasteiger partial charge in [-0.2, -0.15) is 0 Å². The minimum Gasteiger partial charge on any atom is -0.455 e. The number of ether oxygens (including phenoxy) is 1. The van der Waals surface area contributed by atoms with Gasteiger partial charge in [-0.3, -0.25) is 14.4 Å². The zero-order chi connectivity index (χ0) is 46.5. The van der Waals surface area contributed by atoms with Gasteiger partial charge in [0.05, 0.1) is 28.5 Å². The SMILES string of the molecule is CCC(C)(C)c1ccc(Oc2cc(Nc3ccccc3)c3c4c(c(C(=O)c5ccccc5)c(=O)[nH]c24)-c2ccccc2C3=O)cc1.CC[P+](c1ccccc1)(c1ccccc1)c1ccccc1. The van der Waals surface area contributed by atoms with Crippen molar-refractivity contribution in [1.82, 2.24) is 4.98 Å². The number of para-hydroxylation sites is 1. The highest BCUT2D eigenvalue weighted by atomic mass is 31.2. The number of pyridine rings is 1. The van der Waals surface area contributed by atoms with Crippen molar-refractivity contribution in [2.75, 3.05) is 11.5 Å². The Balaban J connectivity index is 0.000000223. The molecule has 10 rings (SSSR count). The number of nitrogens with one attached hydrogen (secondary N) is 2. The molecule has 0 amide bonds. The molecule has 0 saturated heterocycles. The molecule has 2 N–H and O–H groups in total. The van der Waals surface area contributed by atoms with Gasteiger partial charge in [0.1, 0.15) is 28.9 Å². The molecule has 8 aromatic carbocycles. The summed E-state index contributed by atoms with van der Waals surface area (Å²) >= 11 is 0. The maximum Gasteiger partial charge on any atom is 0.260 e. The fourth-order valence-corrected chi connectivity index (χ4v) is 13.2. The van der Waals surface area contributed by atoms with Crippen molar-refractivity contribution in [3.8, 4) is 22.6 Å². The van der Waals surface area contributed by atoms with E-state index in [1.54, 1.807) is 48.5 Å². The summed E-state index contributed by atoms with van der Waals surface area (Å²) in [6.07, 6.45) is 2.13. The van der Waals surface area contributed by atoms with E-state index in [1.165, 1.54) is 21.5 Å². The number of rotatable bonds is 12. The molecule has 330 valence electrons. The summed E-state index contributed by atoms with van der Waals surface area (Å²) in [5, 5.41) is 8.27. The molecular weight excluding hydrogens is 844 g/mol. The average molecular weight is 896 g/mol. The van der Waals surface area contributed by atoms with Gasteiger partial charge in [0.25, 0.3) is 5.56 Å². The first kappa shape index (κ1) is 44.5. The van der Waals surface area contributed by atoms with Gasteiger partial charge >= 0.3 is 0 Å². The van der Waals surface area contributed by atoms with Crippen LogP contribution in [0.25, 0.3) is 22.0 Å². The van der Waals surface area contributed by atoms with E-state index in [0.717, 1.165) is 18.3 Å². The van der Waals surface area contributed by atoms with Crippen LogP contribution in [-0.4, -0.2) is 22.7 Å². The standard InChI is InChI=1S/C40H32N2O4.C20H20P/c1-4-40(2,3)25-19-21-27(22-20-25)46-31-23-30(41-26-15-9-6-10-16-26)33-34-32(28-17-11-12-18-29(28)38(33)44)35(39(45)42-36(31)34)37(43)24-13-7-5-8-14-24;1-2-21(18-12-6-3-7-13-18,19-14-8-4-9-15-19)20-16-10-5-11-17-20/h5-23,41H,4H2,1-3H3,(H,42,45);3-17H,2H2,1H3/q;+1. The van der Waals surface area contributed by atoms with Crippen LogP contribution in [0.5, 0.6) is 11.5 Å². The minimum absolute atomic E-state index is 0.00618. The first-order valence-electron chi connectivity index (χ1n) is 22.8. The topological polar surface area (TPSA) is 88.3 Å². The van der Waals surface area contributed by atoms with Crippen LogP contribution in [-0.2, 0) is 5.41 Å². The second-order valence-corrected chi connectivity index (χ2v) is 21.1.